The summed E-state index contributed by atoms with van der Waals surface area (Å²) in [6.07, 6.45) is 0.779. The third-order valence-electron chi connectivity index (χ3n) is 2.41. The van der Waals surface area contributed by atoms with E-state index < -0.39 is 5.79 Å². The highest BCUT2D eigenvalue weighted by Gasteiger charge is 2.29. The number of rotatable bonds is 4. The Morgan fingerprint density at radius 2 is 1.64 bits per heavy atom. The summed E-state index contributed by atoms with van der Waals surface area (Å²) in [6.45, 7) is 2.04. The lowest BCUT2D eigenvalue weighted by Crippen LogP contribution is -2.29. The van der Waals surface area contributed by atoms with Crippen molar-refractivity contribution in [2.24, 2.45) is 0 Å². The van der Waals surface area contributed by atoms with Crippen molar-refractivity contribution in [3.63, 3.8) is 0 Å². The van der Waals surface area contributed by atoms with Crippen molar-refractivity contribution in [1.29, 1.82) is 0 Å². The summed E-state index contributed by atoms with van der Waals surface area (Å²) in [6, 6.07) is 7.97. The van der Waals surface area contributed by atoms with Crippen molar-refractivity contribution in [2.45, 2.75) is 19.1 Å². The molecule has 2 nitrogen and oxygen atoms in total. The lowest BCUT2D eigenvalue weighted by atomic mass is 10.0. The summed E-state index contributed by atoms with van der Waals surface area (Å²) in [7, 11) is 3.32. The quantitative estimate of drug-likeness (QED) is 0.772. The molecule has 0 saturated heterocycles. The number of halogens is 1. The van der Waals surface area contributed by atoms with Gasteiger partial charge >= 0.3 is 0 Å². The predicted molar refractivity (Wildman–Crippen MR) is 60.1 cm³/mol. The van der Waals surface area contributed by atoms with Crippen LogP contribution in [0.3, 0.4) is 0 Å². The fourth-order valence-electron chi connectivity index (χ4n) is 1.52. The van der Waals surface area contributed by atoms with E-state index in [4.69, 9.17) is 9.47 Å². The molecule has 0 saturated carbocycles. The van der Waals surface area contributed by atoms with Gasteiger partial charge in [-0.05, 0) is 12.1 Å². The van der Waals surface area contributed by atoms with E-state index >= 15 is 0 Å². The Labute approximate surface area is 93.4 Å². The van der Waals surface area contributed by atoms with E-state index in [-0.39, 0.29) is 0 Å². The molecule has 0 radical (unpaired) electrons. The minimum absolute atomic E-state index is 0.610. The second kappa shape index (κ2) is 4.91. The van der Waals surface area contributed by atoms with Crippen LogP contribution in [-0.4, -0.2) is 14.2 Å². The van der Waals surface area contributed by atoms with Crippen LogP contribution < -0.4 is 0 Å². The van der Waals surface area contributed by atoms with Crippen LogP contribution >= 0.6 is 15.9 Å². The Morgan fingerprint density at radius 1 is 1.14 bits per heavy atom. The predicted octanol–water partition coefficient (Wildman–Crippen LogP) is 3.30. The van der Waals surface area contributed by atoms with Crippen molar-refractivity contribution in [3.05, 3.63) is 34.3 Å². The molecule has 0 aliphatic carbocycles. The van der Waals surface area contributed by atoms with Crippen LogP contribution in [0.1, 0.15) is 18.9 Å². The fourth-order valence-corrected chi connectivity index (χ4v) is 1.78. The molecule has 0 unspecified atom stereocenters. The Morgan fingerprint density at radius 3 is 2.00 bits per heavy atom. The van der Waals surface area contributed by atoms with Gasteiger partial charge in [-0.3, -0.25) is 0 Å². The molecule has 0 heterocycles. The van der Waals surface area contributed by atoms with Gasteiger partial charge in [0.15, 0.2) is 5.79 Å². The van der Waals surface area contributed by atoms with Crippen LogP contribution in [0.2, 0.25) is 0 Å². The van der Waals surface area contributed by atoms with Crippen LogP contribution in [0.25, 0.3) is 0 Å². The smallest absolute Gasteiger partial charge is 0.193 e. The molecule has 78 valence electrons. The van der Waals surface area contributed by atoms with E-state index in [2.05, 4.69) is 15.9 Å². The Kier molecular flexibility index (Phi) is 4.11. The molecule has 0 atom stereocenters. The first kappa shape index (κ1) is 11.7. The standard InChI is InChI=1S/C11H15BrO2/c1-4-11(13-2,14-3)9-5-7-10(12)8-6-9/h5-8H,4H2,1-3H3. The molecule has 1 rings (SSSR count). The number of hydrogen-bond donors (Lipinski definition) is 0. The molecule has 0 N–H and O–H groups in total. The van der Waals surface area contributed by atoms with Gasteiger partial charge in [0.2, 0.25) is 0 Å². The summed E-state index contributed by atoms with van der Waals surface area (Å²) < 4.78 is 11.9. The monoisotopic (exact) mass is 258 g/mol. The largest absolute Gasteiger partial charge is 0.349 e. The normalized spacial score (nSPS) is 11.7. The van der Waals surface area contributed by atoms with Crippen molar-refractivity contribution < 1.29 is 9.47 Å². The van der Waals surface area contributed by atoms with Crippen LogP contribution in [-0.2, 0) is 15.3 Å². The third kappa shape index (κ3) is 2.16. The van der Waals surface area contributed by atoms with Gasteiger partial charge in [-0.1, -0.05) is 35.0 Å². The molecule has 0 bridgehead atoms. The van der Waals surface area contributed by atoms with Gasteiger partial charge in [-0.15, -0.1) is 0 Å². The molecule has 0 aliphatic heterocycles. The SMILES string of the molecule is CCC(OC)(OC)c1ccc(Br)cc1. The van der Waals surface area contributed by atoms with Gasteiger partial charge < -0.3 is 9.47 Å². The van der Waals surface area contributed by atoms with Gasteiger partial charge in [0, 0.05) is 30.7 Å². The van der Waals surface area contributed by atoms with E-state index in [1.165, 1.54) is 0 Å². The summed E-state index contributed by atoms with van der Waals surface area (Å²) in [5.74, 6) is -0.610. The van der Waals surface area contributed by atoms with Gasteiger partial charge in [0.1, 0.15) is 0 Å². The van der Waals surface area contributed by atoms with E-state index in [0.29, 0.717) is 0 Å². The Hall–Kier alpha value is -0.380. The number of ether oxygens (including phenoxy) is 2. The second-order valence-corrected chi connectivity index (χ2v) is 3.94. The highest BCUT2D eigenvalue weighted by Crippen LogP contribution is 2.30. The molecule has 3 heteroatoms. The van der Waals surface area contributed by atoms with Crippen LogP contribution in [0, 0.1) is 0 Å². The van der Waals surface area contributed by atoms with Gasteiger partial charge in [-0.25, -0.2) is 0 Å². The lowest BCUT2D eigenvalue weighted by Gasteiger charge is -2.30. The first-order valence-corrected chi connectivity index (χ1v) is 5.34. The molecular formula is C11H15BrO2. The van der Waals surface area contributed by atoms with Crippen molar-refractivity contribution in [3.8, 4) is 0 Å². The van der Waals surface area contributed by atoms with E-state index in [1.807, 2.05) is 31.2 Å². The summed E-state index contributed by atoms with van der Waals surface area (Å²) >= 11 is 3.40. The van der Waals surface area contributed by atoms with Gasteiger partial charge in [0.25, 0.3) is 0 Å². The zero-order chi connectivity index (χ0) is 10.6. The molecular weight excluding hydrogens is 244 g/mol. The maximum absolute atomic E-state index is 5.42. The first-order chi connectivity index (χ1) is 6.68. The second-order valence-electron chi connectivity index (χ2n) is 3.02. The highest BCUT2D eigenvalue weighted by atomic mass is 79.9. The minimum atomic E-state index is -0.610. The molecule has 0 spiro atoms. The fraction of sp³-hybridized carbons (Fsp3) is 0.455. The average Bonchev–Trinajstić information content (AvgIpc) is 2.24. The maximum atomic E-state index is 5.42. The average molecular weight is 259 g/mol. The van der Waals surface area contributed by atoms with Crippen LogP contribution in [0.15, 0.2) is 28.7 Å². The van der Waals surface area contributed by atoms with Crippen molar-refractivity contribution in [2.75, 3.05) is 14.2 Å². The van der Waals surface area contributed by atoms with Gasteiger partial charge in [0.05, 0.1) is 0 Å². The molecule has 1 aromatic carbocycles. The van der Waals surface area contributed by atoms with Crippen molar-refractivity contribution in [1.82, 2.24) is 0 Å². The zero-order valence-electron chi connectivity index (χ0n) is 8.71. The highest BCUT2D eigenvalue weighted by molar-refractivity contribution is 9.10. The zero-order valence-corrected chi connectivity index (χ0v) is 10.3. The topological polar surface area (TPSA) is 18.5 Å². The van der Waals surface area contributed by atoms with Crippen molar-refractivity contribution >= 4 is 15.9 Å². The minimum Gasteiger partial charge on any atom is -0.349 e. The molecule has 14 heavy (non-hydrogen) atoms. The van der Waals surface area contributed by atoms with E-state index in [0.717, 1.165) is 16.5 Å². The van der Waals surface area contributed by atoms with E-state index in [9.17, 15) is 0 Å². The molecule has 0 aromatic heterocycles. The van der Waals surface area contributed by atoms with Crippen LogP contribution in [0.5, 0.6) is 0 Å². The first-order valence-electron chi connectivity index (χ1n) is 4.55. The Bertz CT molecular complexity index is 270. The van der Waals surface area contributed by atoms with Gasteiger partial charge in [-0.2, -0.15) is 0 Å². The summed E-state index contributed by atoms with van der Waals surface area (Å²) in [5.41, 5.74) is 1.04. The number of benzene rings is 1. The molecule has 0 aliphatic rings. The van der Waals surface area contributed by atoms with E-state index in [1.54, 1.807) is 14.2 Å². The number of hydrogen-bond acceptors (Lipinski definition) is 2. The summed E-state index contributed by atoms with van der Waals surface area (Å²) in [4.78, 5) is 0. The number of methoxy groups -OCH3 is 2. The molecule has 1 aromatic rings. The third-order valence-corrected chi connectivity index (χ3v) is 2.94. The molecule has 0 amide bonds. The summed E-state index contributed by atoms with van der Waals surface area (Å²) in [5, 5.41) is 0. The molecule has 0 fully saturated rings. The van der Waals surface area contributed by atoms with Crippen LogP contribution in [0.4, 0.5) is 0 Å². The lowest BCUT2D eigenvalue weighted by molar-refractivity contribution is -0.217. The Balaban J connectivity index is 3.05. The maximum Gasteiger partial charge on any atom is 0.193 e.